The van der Waals surface area contributed by atoms with Crippen LogP contribution in [0.2, 0.25) is 0 Å². The molecule has 0 aliphatic carbocycles. The average Bonchev–Trinajstić information content (AvgIpc) is 2.97. The summed E-state index contributed by atoms with van der Waals surface area (Å²) in [6.07, 6.45) is 1.19. The van der Waals surface area contributed by atoms with Gasteiger partial charge in [-0.05, 0) is 29.3 Å². The fraction of sp³-hybridized carbons (Fsp3) is 0.167. The van der Waals surface area contributed by atoms with Gasteiger partial charge in [0, 0.05) is 11.3 Å². The smallest absolute Gasteiger partial charge is 0.225 e. The molecule has 0 saturated carbocycles. The Morgan fingerprint density at radius 3 is 2.94 bits per heavy atom. The summed E-state index contributed by atoms with van der Waals surface area (Å²) in [6, 6.07) is 7.75. The van der Waals surface area contributed by atoms with E-state index in [4.69, 9.17) is 5.26 Å². The molecule has 2 aromatic rings. The summed E-state index contributed by atoms with van der Waals surface area (Å²) in [7, 11) is 0. The number of carbonyl (C=O) groups is 1. The Morgan fingerprint density at radius 1 is 1.35 bits per heavy atom. The highest BCUT2D eigenvalue weighted by Crippen LogP contribution is 2.22. The number of carbonyl (C=O) groups excluding carboxylic acids is 1. The van der Waals surface area contributed by atoms with E-state index in [0.29, 0.717) is 17.0 Å². The molecule has 2 aromatic heterocycles. The molecule has 0 unspecified atom stereocenters. The van der Waals surface area contributed by atoms with E-state index < -0.39 is 0 Å². The van der Waals surface area contributed by atoms with Crippen molar-refractivity contribution in [3.63, 3.8) is 0 Å². The minimum atomic E-state index is -0.0441. The SMILES string of the molecule is N#Cc1ccsc1NC(=O)CCc1cccs1. The van der Waals surface area contributed by atoms with Gasteiger partial charge >= 0.3 is 0 Å². The zero-order valence-electron chi connectivity index (χ0n) is 8.97. The van der Waals surface area contributed by atoms with Gasteiger partial charge in [-0.1, -0.05) is 6.07 Å². The lowest BCUT2D eigenvalue weighted by molar-refractivity contribution is -0.116. The average molecular weight is 262 g/mol. The number of nitrogens with one attached hydrogen (secondary N) is 1. The van der Waals surface area contributed by atoms with Crippen LogP contribution in [0.15, 0.2) is 29.0 Å². The Hall–Kier alpha value is -1.64. The third kappa shape index (κ3) is 3.16. The lowest BCUT2D eigenvalue weighted by atomic mass is 10.2. The second-order valence-electron chi connectivity index (χ2n) is 3.40. The molecule has 0 aliphatic heterocycles. The van der Waals surface area contributed by atoms with E-state index in [2.05, 4.69) is 5.32 Å². The number of hydrogen-bond acceptors (Lipinski definition) is 4. The fourth-order valence-electron chi connectivity index (χ4n) is 1.37. The van der Waals surface area contributed by atoms with Crippen molar-refractivity contribution in [2.75, 3.05) is 5.32 Å². The maximum Gasteiger partial charge on any atom is 0.225 e. The van der Waals surface area contributed by atoms with Gasteiger partial charge in [0.1, 0.15) is 11.1 Å². The summed E-state index contributed by atoms with van der Waals surface area (Å²) in [5, 5.41) is 16.0. The molecule has 5 heteroatoms. The number of anilines is 1. The Labute approximate surface area is 107 Å². The second-order valence-corrected chi connectivity index (χ2v) is 5.35. The minimum absolute atomic E-state index is 0.0441. The van der Waals surface area contributed by atoms with Crippen LogP contribution in [0.5, 0.6) is 0 Å². The van der Waals surface area contributed by atoms with Crippen LogP contribution in [0.4, 0.5) is 5.00 Å². The molecular formula is C12H10N2OS2. The summed E-state index contributed by atoms with van der Waals surface area (Å²) >= 11 is 3.02. The van der Waals surface area contributed by atoms with Crippen molar-refractivity contribution >= 4 is 33.6 Å². The number of amides is 1. The molecule has 2 heterocycles. The van der Waals surface area contributed by atoms with E-state index in [-0.39, 0.29) is 5.91 Å². The van der Waals surface area contributed by atoms with Gasteiger partial charge in [-0.2, -0.15) is 5.26 Å². The highest BCUT2D eigenvalue weighted by Gasteiger charge is 2.08. The third-order valence-electron chi connectivity index (χ3n) is 2.22. The third-order valence-corrected chi connectivity index (χ3v) is 3.98. The quantitative estimate of drug-likeness (QED) is 0.919. The van der Waals surface area contributed by atoms with Crippen molar-refractivity contribution < 1.29 is 4.79 Å². The van der Waals surface area contributed by atoms with Gasteiger partial charge in [0.05, 0.1) is 5.56 Å². The molecule has 0 aromatic carbocycles. The predicted octanol–water partition coefficient (Wildman–Crippen LogP) is 3.25. The maximum atomic E-state index is 11.7. The highest BCUT2D eigenvalue weighted by molar-refractivity contribution is 7.14. The van der Waals surface area contributed by atoms with Crippen LogP contribution in [0.25, 0.3) is 0 Å². The van der Waals surface area contributed by atoms with Crippen LogP contribution in [0.1, 0.15) is 16.9 Å². The van der Waals surface area contributed by atoms with E-state index in [0.717, 1.165) is 6.42 Å². The molecule has 0 radical (unpaired) electrons. The first kappa shape index (κ1) is 11.8. The first-order chi connectivity index (χ1) is 8.29. The van der Waals surface area contributed by atoms with Gasteiger partial charge in [-0.15, -0.1) is 22.7 Å². The number of thiophene rings is 2. The zero-order valence-corrected chi connectivity index (χ0v) is 10.6. The summed E-state index contributed by atoms with van der Waals surface area (Å²) < 4.78 is 0. The highest BCUT2D eigenvalue weighted by atomic mass is 32.1. The fourth-order valence-corrected chi connectivity index (χ4v) is 2.84. The van der Waals surface area contributed by atoms with Crippen molar-refractivity contribution in [2.24, 2.45) is 0 Å². The Kier molecular flexibility index (Phi) is 3.91. The summed E-state index contributed by atoms with van der Waals surface area (Å²) in [5.41, 5.74) is 0.527. The van der Waals surface area contributed by atoms with Crippen molar-refractivity contribution in [3.8, 4) is 6.07 Å². The van der Waals surface area contributed by atoms with Gasteiger partial charge in [0.25, 0.3) is 0 Å². The van der Waals surface area contributed by atoms with Gasteiger partial charge in [-0.25, -0.2) is 0 Å². The summed E-state index contributed by atoms with van der Waals surface area (Å²) in [6.45, 7) is 0. The molecule has 0 fully saturated rings. The maximum absolute atomic E-state index is 11.7. The van der Waals surface area contributed by atoms with Gasteiger partial charge in [-0.3, -0.25) is 4.79 Å². The standard InChI is InChI=1S/C12H10N2OS2/c13-8-9-5-7-17-12(9)14-11(15)4-3-10-2-1-6-16-10/h1-2,5-7H,3-4H2,(H,14,15). The molecule has 86 valence electrons. The largest absolute Gasteiger partial charge is 0.317 e. The molecule has 0 atom stereocenters. The van der Waals surface area contributed by atoms with E-state index in [9.17, 15) is 4.79 Å². The van der Waals surface area contributed by atoms with Crippen molar-refractivity contribution in [1.82, 2.24) is 0 Å². The number of nitriles is 1. The molecule has 1 amide bonds. The van der Waals surface area contributed by atoms with E-state index in [1.807, 2.05) is 23.6 Å². The molecule has 1 N–H and O–H groups in total. The Bertz CT molecular complexity index is 537. The van der Waals surface area contributed by atoms with Crippen LogP contribution in [-0.4, -0.2) is 5.91 Å². The van der Waals surface area contributed by atoms with Crippen LogP contribution in [-0.2, 0) is 11.2 Å². The van der Waals surface area contributed by atoms with Crippen LogP contribution >= 0.6 is 22.7 Å². The number of rotatable bonds is 4. The Morgan fingerprint density at radius 2 is 2.24 bits per heavy atom. The van der Waals surface area contributed by atoms with E-state index in [1.165, 1.54) is 16.2 Å². The number of nitrogens with zero attached hydrogens (tertiary/aromatic N) is 1. The normalized spacial score (nSPS) is 9.82. The van der Waals surface area contributed by atoms with Crippen LogP contribution in [0.3, 0.4) is 0 Å². The van der Waals surface area contributed by atoms with Crippen LogP contribution in [0, 0.1) is 11.3 Å². The van der Waals surface area contributed by atoms with Crippen molar-refractivity contribution in [2.45, 2.75) is 12.8 Å². The van der Waals surface area contributed by atoms with Crippen LogP contribution < -0.4 is 5.32 Å². The lowest BCUT2D eigenvalue weighted by Crippen LogP contribution is -2.11. The second kappa shape index (κ2) is 5.62. The number of aryl methyl sites for hydroxylation is 1. The van der Waals surface area contributed by atoms with Gasteiger partial charge < -0.3 is 5.32 Å². The molecule has 0 saturated heterocycles. The summed E-state index contributed by atoms with van der Waals surface area (Å²) in [5.74, 6) is -0.0441. The zero-order chi connectivity index (χ0) is 12.1. The summed E-state index contributed by atoms with van der Waals surface area (Å²) in [4.78, 5) is 12.9. The number of hydrogen-bond donors (Lipinski definition) is 1. The Balaban J connectivity index is 1.88. The first-order valence-electron chi connectivity index (χ1n) is 5.09. The lowest BCUT2D eigenvalue weighted by Gasteiger charge is -2.02. The molecule has 17 heavy (non-hydrogen) atoms. The molecule has 0 bridgehead atoms. The molecule has 3 nitrogen and oxygen atoms in total. The predicted molar refractivity (Wildman–Crippen MR) is 70.3 cm³/mol. The first-order valence-corrected chi connectivity index (χ1v) is 6.85. The molecule has 0 aliphatic rings. The van der Waals surface area contributed by atoms with Gasteiger partial charge in [0.15, 0.2) is 0 Å². The molecule has 0 spiro atoms. The van der Waals surface area contributed by atoms with Crippen molar-refractivity contribution in [1.29, 1.82) is 5.26 Å². The topological polar surface area (TPSA) is 52.9 Å². The van der Waals surface area contributed by atoms with Gasteiger partial charge in [0.2, 0.25) is 5.91 Å². The van der Waals surface area contributed by atoms with E-state index in [1.54, 1.807) is 22.8 Å². The van der Waals surface area contributed by atoms with E-state index >= 15 is 0 Å². The van der Waals surface area contributed by atoms with Crippen molar-refractivity contribution in [3.05, 3.63) is 39.4 Å². The monoisotopic (exact) mass is 262 g/mol. The molecule has 2 rings (SSSR count). The minimum Gasteiger partial charge on any atom is -0.317 e. The molecular weight excluding hydrogens is 252 g/mol.